The van der Waals surface area contributed by atoms with Crippen LogP contribution in [0.15, 0.2) is 88.2 Å². The Morgan fingerprint density at radius 2 is 1.62 bits per heavy atom. The lowest BCUT2D eigenvalue weighted by Gasteiger charge is -2.32. The van der Waals surface area contributed by atoms with E-state index in [4.69, 9.17) is 0 Å². The first-order valence-electron chi connectivity index (χ1n) is 13.0. The summed E-state index contributed by atoms with van der Waals surface area (Å²) < 4.78 is 28.4. The van der Waals surface area contributed by atoms with Crippen LogP contribution in [-0.2, 0) is 32.6 Å². The van der Waals surface area contributed by atoms with Crippen molar-refractivity contribution in [1.29, 1.82) is 0 Å². The van der Waals surface area contributed by atoms with Gasteiger partial charge in [0, 0.05) is 31.0 Å². The van der Waals surface area contributed by atoms with Gasteiger partial charge in [-0.15, -0.1) is 0 Å². The highest BCUT2D eigenvalue weighted by Crippen LogP contribution is 2.20. The van der Waals surface area contributed by atoms with Gasteiger partial charge in [0.15, 0.2) is 0 Å². The molecule has 0 fully saturated rings. The lowest BCUT2D eigenvalue weighted by Crippen LogP contribution is -2.53. The molecule has 3 aromatic carbocycles. The van der Waals surface area contributed by atoms with E-state index in [2.05, 4.69) is 21.2 Å². The van der Waals surface area contributed by atoms with Crippen molar-refractivity contribution in [3.8, 4) is 0 Å². The third-order valence-electron chi connectivity index (χ3n) is 6.43. The first-order valence-corrected chi connectivity index (χ1v) is 15.2. The molecule has 0 aromatic heterocycles. The molecule has 1 N–H and O–H groups in total. The Hall–Kier alpha value is -3.01. The van der Waals surface area contributed by atoms with Crippen LogP contribution in [0, 0.1) is 6.92 Å². The summed E-state index contributed by atoms with van der Waals surface area (Å²) in [6.07, 6.45) is 2.04. The maximum Gasteiger partial charge on any atom is 0.243 e. The van der Waals surface area contributed by atoms with Gasteiger partial charge in [-0.1, -0.05) is 89.4 Å². The second-order valence-corrected chi connectivity index (χ2v) is 12.5. The highest BCUT2D eigenvalue weighted by molar-refractivity contribution is 9.10. The van der Waals surface area contributed by atoms with Gasteiger partial charge in [-0.05, 0) is 48.7 Å². The van der Waals surface area contributed by atoms with E-state index in [9.17, 15) is 18.0 Å². The summed E-state index contributed by atoms with van der Waals surface area (Å²) in [7, 11) is -2.52. The largest absolute Gasteiger partial charge is 0.354 e. The van der Waals surface area contributed by atoms with Gasteiger partial charge in [0.1, 0.15) is 6.04 Å². The molecule has 208 valence electrons. The van der Waals surface area contributed by atoms with Gasteiger partial charge in [0.2, 0.25) is 21.8 Å². The molecule has 2 amide bonds. The van der Waals surface area contributed by atoms with Crippen molar-refractivity contribution in [3.63, 3.8) is 0 Å². The molecule has 3 aromatic rings. The quantitative estimate of drug-likeness (QED) is 0.277. The number of carbonyl (C=O) groups is 2. The van der Waals surface area contributed by atoms with Gasteiger partial charge in [0.25, 0.3) is 0 Å². The van der Waals surface area contributed by atoms with Crippen molar-refractivity contribution in [2.24, 2.45) is 0 Å². The molecule has 3 rings (SSSR count). The fraction of sp³-hybridized carbons (Fsp3) is 0.333. The number of hydrogen-bond donors (Lipinski definition) is 1. The number of carbonyl (C=O) groups excluding carboxylic acids is 2. The number of rotatable bonds is 13. The molecule has 39 heavy (non-hydrogen) atoms. The van der Waals surface area contributed by atoms with E-state index in [0.29, 0.717) is 13.0 Å². The molecular formula is C30H36BrN3O4S. The van der Waals surface area contributed by atoms with Crippen LogP contribution in [0.3, 0.4) is 0 Å². The maximum atomic E-state index is 13.9. The minimum atomic E-state index is -3.91. The normalized spacial score (nSPS) is 12.2. The van der Waals surface area contributed by atoms with Crippen molar-refractivity contribution in [2.75, 3.05) is 20.1 Å². The molecule has 9 heteroatoms. The van der Waals surface area contributed by atoms with Gasteiger partial charge in [-0.2, -0.15) is 4.31 Å². The van der Waals surface area contributed by atoms with Crippen molar-refractivity contribution in [1.82, 2.24) is 14.5 Å². The highest BCUT2D eigenvalue weighted by Gasteiger charge is 2.33. The minimum Gasteiger partial charge on any atom is -0.354 e. The number of sulfonamides is 1. The lowest BCUT2D eigenvalue weighted by atomic mass is 10.0. The van der Waals surface area contributed by atoms with Crippen LogP contribution in [0.2, 0.25) is 0 Å². The topological polar surface area (TPSA) is 86.8 Å². The summed E-state index contributed by atoms with van der Waals surface area (Å²) in [5, 5.41) is 2.98. The van der Waals surface area contributed by atoms with Crippen LogP contribution < -0.4 is 5.32 Å². The molecular weight excluding hydrogens is 578 g/mol. The predicted molar refractivity (Wildman–Crippen MR) is 158 cm³/mol. The Morgan fingerprint density at radius 3 is 2.26 bits per heavy atom. The monoisotopic (exact) mass is 613 g/mol. The molecule has 0 unspecified atom stereocenters. The van der Waals surface area contributed by atoms with E-state index in [-0.39, 0.29) is 17.3 Å². The summed E-state index contributed by atoms with van der Waals surface area (Å²) in [6, 6.07) is 22.7. The first kappa shape index (κ1) is 30.5. The van der Waals surface area contributed by atoms with Crippen LogP contribution in [-0.4, -0.2) is 55.6 Å². The third kappa shape index (κ3) is 8.74. The van der Waals surface area contributed by atoms with Crippen LogP contribution in [0.5, 0.6) is 0 Å². The third-order valence-corrected chi connectivity index (χ3v) is 8.74. The molecule has 0 saturated carbocycles. The molecule has 7 nitrogen and oxygen atoms in total. The summed E-state index contributed by atoms with van der Waals surface area (Å²) in [6.45, 7) is 4.16. The van der Waals surface area contributed by atoms with Gasteiger partial charge in [-0.25, -0.2) is 8.42 Å². The SMILES string of the molecule is CCCCNC(=O)[C@@H](Cc1ccccc1)N(Cc1cccc(Br)c1)C(=O)CN(C)S(=O)(=O)c1ccc(C)cc1. The number of likely N-dealkylation sites (N-methyl/N-ethyl adjacent to an activating group) is 1. The van der Waals surface area contributed by atoms with Crippen molar-refractivity contribution in [3.05, 3.63) is 100 Å². The zero-order chi connectivity index (χ0) is 28.4. The van der Waals surface area contributed by atoms with Crippen LogP contribution in [0.1, 0.15) is 36.5 Å². The second kappa shape index (κ2) is 14.4. The predicted octanol–water partition coefficient (Wildman–Crippen LogP) is 4.93. The fourth-order valence-corrected chi connectivity index (χ4v) is 5.72. The number of unbranched alkanes of at least 4 members (excludes halogenated alkanes) is 1. The summed E-state index contributed by atoms with van der Waals surface area (Å²) in [4.78, 5) is 29.0. The summed E-state index contributed by atoms with van der Waals surface area (Å²) in [5.41, 5.74) is 2.66. The smallest absolute Gasteiger partial charge is 0.243 e. The maximum absolute atomic E-state index is 13.9. The van der Waals surface area contributed by atoms with Crippen molar-refractivity contribution >= 4 is 37.8 Å². The summed E-state index contributed by atoms with van der Waals surface area (Å²) >= 11 is 3.48. The molecule has 0 saturated heterocycles. The van der Waals surface area contributed by atoms with E-state index in [1.807, 2.05) is 68.4 Å². The van der Waals surface area contributed by atoms with Gasteiger partial charge in [0.05, 0.1) is 11.4 Å². The Morgan fingerprint density at radius 1 is 0.949 bits per heavy atom. The Bertz CT molecular complexity index is 1350. The van der Waals surface area contributed by atoms with Crippen LogP contribution in [0.25, 0.3) is 0 Å². The number of aryl methyl sites for hydroxylation is 1. The molecule has 0 radical (unpaired) electrons. The average molecular weight is 615 g/mol. The molecule has 0 spiro atoms. The molecule has 0 bridgehead atoms. The van der Waals surface area contributed by atoms with E-state index in [0.717, 1.165) is 38.3 Å². The molecule has 0 aliphatic carbocycles. The van der Waals surface area contributed by atoms with Crippen molar-refractivity contribution in [2.45, 2.75) is 50.6 Å². The van der Waals surface area contributed by atoms with Crippen LogP contribution in [0.4, 0.5) is 0 Å². The lowest BCUT2D eigenvalue weighted by molar-refractivity contribution is -0.141. The van der Waals surface area contributed by atoms with E-state index in [1.165, 1.54) is 24.1 Å². The van der Waals surface area contributed by atoms with E-state index in [1.54, 1.807) is 12.1 Å². The fourth-order valence-electron chi connectivity index (χ4n) is 4.15. The number of nitrogens with one attached hydrogen (secondary N) is 1. The zero-order valence-electron chi connectivity index (χ0n) is 22.6. The number of hydrogen-bond acceptors (Lipinski definition) is 4. The Kier molecular flexibility index (Phi) is 11.3. The van der Waals surface area contributed by atoms with Crippen molar-refractivity contribution < 1.29 is 18.0 Å². The van der Waals surface area contributed by atoms with Crippen LogP contribution >= 0.6 is 15.9 Å². The summed E-state index contributed by atoms with van der Waals surface area (Å²) in [5.74, 6) is -0.723. The first-order chi connectivity index (χ1) is 18.6. The van der Waals surface area contributed by atoms with E-state index < -0.39 is 28.5 Å². The average Bonchev–Trinajstić information content (AvgIpc) is 2.91. The number of benzene rings is 3. The number of amides is 2. The van der Waals surface area contributed by atoms with Gasteiger partial charge >= 0.3 is 0 Å². The molecule has 0 aliphatic rings. The standard InChI is InChI=1S/C30H36BrN3O4S/c1-4-5-18-32-30(36)28(20-24-10-7-6-8-11-24)34(21-25-12-9-13-26(31)19-25)29(35)22-33(3)39(37,38)27-16-14-23(2)15-17-27/h6-17,19,28H,4-5,18,20-22H2,1-3H3,(H,32,36)/t28-/m1/s1. The van der Waals surface area contributed by atoms with Gasteiger partial charge < -0.3 is 10.2 Å². The Balaban J connectivity index is 1.95. The number of halogens is 1. The van der Waals surface area contributed by atoms with Gasteiger partial charge in [-0.3, -0.25) is 9.59 Å². The molecule has 1 atom stereocenters. The Labute approximate surface area is 240 Å². The number of nitrogens with zero attached hydrogens (tertiary/aromatic N) is 2. The highest BCUT2D eigenvalue weighted by atomic mass is 79.9. The molecule has 0 aliphatic heterocycles. The van der Waals surface area contributed by atoms with E-state index >= 15 is 0 Å². The zero-order valence-corrected chi connectivity index (χ0v) is 25.0. The second-order valence-electron chi connectivity index (χ2n) is 9.58. The minimum absolute atomic E-state index is 0.111. The molecule has 0 heterocycles.